The van der Waals surface area contributed by atoms with E-state index in [0.29, 0.717) is 23.5 Å². The van der Waals surface area contributed by atoms with Crippen molar-refractivity contribution >= 4 is 17.0 Å². The third-order valence-corrected chi connectivity index (χ3v) is 7.12. The Morgan fingerprint density at radius 3 is 2.69 bits per heavy atom. The maximum absolute atomic E-state index is 14.6. The number of hydrogen-bond acceptors (Lipinski definition) is 5. The second-order valence-electron chi connectivity index (χ2n) is 9.77. The summed E-state index contributed by atoms with van der Waals surface area (Å²) in [6.07, 6.45) is -0.523. The van der Waals surface area contributed by atoms with Gasteiger partial charge in [-0.05, 0) is 49.6 Å². The van der Waals surface area contributed by atoms with E-state index in [1.807, 2.05) is 31.2 Å². The number of aromatic nitrogens is 1. The normalized spacial score (nSPS) is 17.7. The Morgan fingerprint density at radius 1 is 1.23 bits per heavy atom. The van der Waals surface area contributed by atoms with Crippen LogP contribution in [0.3, 0.4) is 0 Å². The minimum atomic E-state index is -3.32. The van der Waals surface area contributed by atoms with Crippen molar-refractivity contribution in [1.29, 1.82) is 0 Å². The summed E-state index contributed by atoms with van der Waals surface area (Å²) in [5.41, 5.74) is 3.28. The molecule has 0 aliphatic carbocycles. The molecule has 0 bridgehead atoms. The van der Waals surface area contributed by atoms with Crippen molar-refractivity contribution in [3.63, 3.8) is 0 Å². The molecule has 0 unspecified atom stereocenters. The summed E-state index contributed by atoms with van der Waals surface area (Å²) in [5, 5.41) is 19.7. The van der Waals surface area contributed by atoms with Gasteiger partial charge in [-0.1, -0.05) is 18.2 Å². The Labute approximate surface area is 224 Å². The summed E-state index contributed by atoms with van der Waals surface area (Å²) in [4.78, 5) is 17.6. The molecule has 4 rings (SSSR count). The minimum Gasteiger partial charge on any atom is -0.496 e. The molecule has 2 heterocycles. The molecule has 1 amide bonds. The van der Waals surface area contributed by atoms with E-state index in [-0.39, 0.29) is 32.2 Å². The monoisotopic (exact) mass is 549 g/mol. The number of carbonyl (C=O) groups is 1. The number of halogens is 3. The highest BCUT2D eigenvalue weighted by Crippen LogP contribution is 2.45. The van der Waals surface area contributed by atoms with Gasteiger partial charge in [-0.2, -0.15) is 0 Å². The van der Waals surface area contributed by atoms with Gasteiger partial charge in [0, 0.05) is 34.7 Å². The van der Waals surface area contributed by atoms with Crippen molar-refractivity contribution in [1.82, 2.24) is 14.8 Å². The van der Waals surface area contributed by atoms with Crippen LogP contribution in [-0.2, 0) is 6.42 Å². The molecule has 0 fully saturated rings. The first-order chi connectivity index (χ1) is 18.7. The van der Waals surface area contributed by atoms with E-state index in [2.05, 4.69) is 4.98 Å². The van der Waals surface area contributed by atoms with Gasteiger partial charge >= 0.3 is 6.09 Å². The van der Waals surface area contributed by atoms with Crippen LogP contribution in [0.5, 0.6) is 11.5 Å². The van der Waals surface area contributed by atoms with Crippen LogP contribution in [0.2, 0.25) is 0 Å². The molecule has 1 aliphatic rings. The number of aromatic amines is 1. The van der Waals surface area contributed by atoms with Crippen molar-refractivity contribution in [2.75, 3.05) is 46.6 Å². The Morgan fingerprint density at radius 2 is 2.00 bits per heavy atom. The molecule has 11 heteroatoms. The summed E-state index contributed by atoms with van der Waals surface area (Å²) in [7, 11) is 1.50. The maximum Gasteiger partial charge on any atom is 0.407 e. The number of aliphatic hydroxyl groups is 1. The van der Waals surface area contributed by atoms with Gasteiger partial charge in [0.15, 0.2) is 0 Å². The molecule has 2 aromatic carbocycles. The van der Waals surface area contributed by atoms with E-state index in [1.165, 1.54) is 7.11 Å². The van der Waals surface area contributed by atoms with Gasteiger partial charge in [0.05, 0.1) is 32.9 Å². The fourth-order valence-corrected chi connectivity index (χ4v) is 5.25. The highest BCUT2D eigenvalue weighted by Gasteiger charge is 2.42. The topological polar surface area (TPSA) is 98.3 Å². The Hall–Kier alpha value is -3.44. The third-order valence-electron chi connectivity index (χ3n) is 7.12. The molecule has 1 aliphatic heterocycles. The lowest BCUT2D eigenvalue weighted by Crippen LogP contribution is -2.49. The number of hydrogen-bond donors (Lipinski definition) is 3. The Balaban J connectivity index is 1.72. The number of nitrogens with zero attached hydrogens (tertiary/aromatic N) is 2. The number of fused-ring (bicyclic) bond motifs is 3. The zero-order valence-corrected chi connectivity index (χ0v) is 22.0. The van der Waals surface area contributed by atoms with Gasteiger partial charge in [-0.25, -0.2) is 13.6 Å². The van der Waals surface area contributed by atoms with Crippen LogP contribution in [0.1, 0.15) is 36.2 Å². The van der Waals surface area contributed by atoms with Crippen LogP contribution in [0.25, 0.3) is 10.9 Å². The highest BCUT2D eigenvalue weighted by molar-refractivity contribution is 5.85. The number of ether oxygens (including phenoxy) is 2. The van der Waals surface area contributed by atoms with Gasteiger partial charge in [-0.3, -0.25) is 9.29 Å². The van der Waals surface area contributed by atoms with Gasteiger partial charge < -0.3 is 29.6 Å². The number of amides is 1. The van der Waals surface area contributed by atoms with Gasteiger partial charge in [-0.15, -0.1) is 0 Å². The smallest absolute Gasteiger partial charge is 0.407 e. The van der Waals surface area contributed by atoms with E-state index < -0.39 is 37.9 Å². The lowest BCUT2D eigenvalue weighted by atomic mass is 9.87. The molecule has 2 atom stereocenters. The Kier molecular flexibility index (Phi) is 8.91. The second-order valence-corrected chi connectivity index (χ2v) is 9.77. The molecular formula is C28H34F3N3O5. The number of carboxylic acid groups (broad SMARTS) is 1. The molecule has 3 aromatic rings. The van der Waals surface area contributed by atoms with Gasteiger partial charge in [0.1, 0.15) is 24.7 Å². The zero-order valence-electron chi connectivity index (χ0n) is 22.0. The third kappa shape index (κ3) is 6.25. The largest absolute Gasteiger partial charge is 0.496 e. The average Bonchev–Trinajstić information content (AvgIpc) is 3.28. The number of H-pyrrole nitrogens is 1. The molecule has 0 saturated heterocycles. The molecular weight excluding hydrogens is 515 g/mol. The number of benzene rings is 2. The van der Waals surface area contributed by atoms with E-state index in [0.717, 1.165) is 27.1 Å². The molecule has 0 saturated carbocycles. The highest BCUT2D eigenvalue weighted by atomic mass is 19.3. The summed E-state index contributed by atoms with van der Waals surface area (Å²) >= 11 is 0. The summed E-state index contributed by atoms with van der Waals surface area (Å²) in [6, 6.07) is 11.9. The molecule has 3 N–H and O–H groups in total. The number of para-hydroxylation sites is 1. The first-order valence-electron chi connectivity index (χ1n) is 12.9. The van der Waals surface area contributed by atoms with Crippen molar-refractivity contribution in [2.45, 2.75) is 37.8 Å². The van der Waals surface area contributed by atoms with E-state index >= 15 is 0 Å². The fraction of sp³-hybridized carbons (Fsp3) is 0.464. The van der Waals surface area contributed by atoms with Crippen molar-refractivity contribution < 1.29 is 37.7 Å². The van der Waals surface area contributed by atoms with Crippen molar-refractivity contribution in [3.8, 4) is 11.5 Å². The van der Waals surface area contributed by atoms with Crippen molar-refractivity contribution in [2.24, 2.45) is 0 Å². The Bertz CT molecular complexity index is 1280. The van der Waals surface area contributed by atoms with Crippen LogP contribution in [0.4, 0.5) is 18.0 Å². The molecule has 0 spiro atoms. The van der Waals surface area contributed by atoms with Gasteiger partial charge in [0.2, 0.25) is 0 Å². The van der Waals surface area contributed by atoms with Crippen LogP contribution in [0, 0.1) is 0 Å². The summed E-state index contributed by atoms with van der Waals surface area (Å²) < 4.78 is 53.2. The predicted octanol–water partition coefficient (Wildman–Crippen LogP) is 4.86. The number of methoxy groups -OCH3 is 1. The molecule has 0 radical (unpaired) electrons. The first-order valence-corrected chi connectivity index (χ1v) is 12.9. The molecule has 1 aromatic heterocycles. The maximum atomic E-state index is 14.6. The standard InChI is InChI=1S/C28H34F3N3O5/c1-18-14-21-20-6-3-4-7-23(20)32-25(21)26(34(18)16-28(30,31)17-35)22-15-19(8-9-24(22)38-2)39-13-12-33(27(36)37)11-5-10-29/h3-4,6-9,15,18,26,32,35H,5,10-14,16-17H2,1-2H3,(H,36,37)/t18-,26-/m1/s1. The van der Waals surface area contributed by atoms with Crippen LogP contribution in [-0.4, -0.2) is 89.7 Å². The fourth-order valence-electron chi connectivity index (χ4n) is 5.25. The van der Waals surface area contributed by atoms with E-state index in [4.69, 9.17) is 9.47 Å². The number of rotatable bonds is 12. The number of alkyl halides is 3. The number of aliphatic hydroxyl groups excluding tert-OH is 1. The van der Waals surface area contributed by atoms with E-state index in [1.54, 1.807) is 23.1 Å². The van der Waals surface area contributed by atoms with Crippen LogP contribution >= 0.6 is 0 Å². The van der Waals surface area contributed by atoms with E-state index in [9.17, 15) is 28.2 Å². The lowest BCUT2D eigenvalue weighted by molar-refractivity contribution is -0.0866. The SMILES string of the molecule is COc1ccc(OCCN(CCCF)C(=O)O)cc1[C@@H]1c2[nH]c3ccccc3c2C[C@@H](C)N1CC(F)(F)CO. The van der Waals surface area contributed by atoms with Crippen LogP contribution in [0.15, 0.2) is 42.5 Å². The summed E-state index contributed by atoms with van der Waals surface area (Å²) in [6.45, 7) is -0.552. The quantitative estimate of drug-likeness (QED) is 0.299. The predicted molar refractivity (Wildman–Crippen MR) is 141 cm³/mol. The average molecular weight is 550 g/mol. The molecule has 39 heavy (non-hydrogen) atoms. The van der Waals surface area contributed by atoms with Crippen LogP contribution < -0.4 is 9.47 Å². The first kappa shape index (κ1) is 28.6. The second kappa shape index (κ2) is 12.2. The number of nitrogens with one attached hydrogen (secondary N) is 1. The van der Waals surface area contributed by atoms with Crippen molar-refractivity contribution in [3.05, 3.63) is 59.3 Å². The lowest BCUT2D eigenvalue weighted by Gasteiger charge is -2.42. The summed E-state index contributed by atoms with van der Waals surface area (Å²) in [5.74, 6) is -2.44. The zero-order chi connectivity index (χ0) is 28.2. The molecule has 8 nitrogen and oxygen atoms in total. The minimum absolute atomic E-state index is 0.0232. The molecule has 212 valence electrons. The van der Waals surface area contributed by atoms with Gasteiger partial charge in [0.25, 0.3) is 5.92 Å².